The zero-order valence-corrected chi connectivity index (χ0v) is 40.2. The fourth-order valence-electron chi connectivity index (χ4n) is 14.9. The second-order valence-corrected chi connectivity index (χ2v) is 23.0. The molecule has 3 heterocycles. The van der Waals surface area contributed by atoms with Crippen molar-refractivity contribution in [2.75, 3.05) is 13.2 Å². The summed E-state index contributed by atoms with van der Waals surface area (Å²) >= 11 is 0. The Labute approximate surface area is 388 Å². The van der Waals surface area contributed by atoms with E-state index in [1.165, 1.54) is 6.92 Å². The normalized spacial score (nSPS) is 53.5. The summed E-state index contributed by atoms with van der Waals surface area (Å²) < 4.78 is 38.1. The van der Waals surface area contributed by atoms with Crippen molar-refractivity contribution in [2.45, 2.75) is 230 Å². The van der Waals surface area contributed by atoms with Crippen LogP contribution in [0.4, 0.5) is 0 Å². The van der Waals surface area contributed by atoms with E-state index in [0.717, 1.165) is 5.57 Å². The van der Waals surface area contributed by atoms with E-state index in [1.54, 1.807) is 0 Å². The average Bonchev–Trinajstić information content (AvgIpc) is 3.64. The van der Waals surface area contributed by atoms with E-state index in [2.05, 4.69) is 26.8 Å². The van der Waals surface area contributed by atoms with Crippen molar-refractivity contribution in [1.29, 1.82) is 0 Å². The fraction of sp³-hybridized carbons (Fsp3) is 0.958. The molecule has 0 radical (unpaired) electrons. The van der Waals surface area contributed by atoms with Crippen LogP contribution in [0, 0.1) is 45.3 Å². The zero-order valence-electron chi connectivity index (χ0n) is 40.2. The number of rotatable bonds is 12. The number of aliphatic hydroxyl groups excluding tert-OH is 12. The van der Waals surface area contributed by atoms with Crippen molar-refractivity contribution in [3.8, 4) is 0 Å². The molecule has 0 aromatic carbocycles. The summed E-state index contributed by atoms with van der Waals surface area (Å²) in [5.74, 6) is -1.12. The van der Waals surface area contributed by atoms with Gasteiger partial charge in [0.2, 0.25) is 0 Å². The van der Waals surface area contributed by atoms with Crippen LogP contribution in [-0.4, -0.2) is 191 Å². The van der Waals surface area contributed by atoms with Crippen molar-refractivity contribution in [3.05, 3.63) is 11.6 Å². The number of hydrogen-bond acceptors (Lipinski definition) is 18. The largest absolute Gasteiger partial charge is 0.394 e. The molecule has 7 aliphatic rings. The van der Waals surface area contributed by atoms with Crippen molar-refractivity contribution < 1.29 is 89.7 Å². The molecule has 0 aromatic heterocycles. The summed E-state index contributed by atoms with van der Waals surface area (Å²) in [6, 6.07) is 0. The topological polar surface area (TPSA) is 298 Å². The number of allylic oxidation sites excluding steroid dienone is 2. The van der Waals surface area contributed by atoms with Gasteiger partial charge in [0.05, 0.1) is 43.2 Å². The lowest BCUT2D eigenvalue weighted by Crippen LogP contribution is -2.71. The van der Waals surface area contributed by atoms with E-state index in [0.29, 0.717) is 51.4 Å². The monoisotopic (exact) mass is 947 g/mol. The second kappa shape index (κ2) is 19.2. The molecule has 0 bridgehead atoms. The Kier molecular flexibility index (Phi) is 15.4. The molecule has 26 atom stereocenters. The third kappa shape index (κ3) is 8.69. The number of fused-ring (bicyclic) bond motifs is 5. The van der Waals surface area contributed by atoms with Gasteiger partial charge in [-0.05, 0) is 124 Å². The third-order valence-corrected chi connectivity index (χ3v) is 18.7. The highest BCUT2D eigenvalue weighted by Gasteiger charge is 2.74. The molecule has 3 aliphatic heterocycles. The van der Waals surface area contributed by atoms with E-state index in [-0.39, 0.29) is 23.7 Å². The minimum absolute atomic E-state index is 0.0861. The number of hydrogen-bond donors (Lipinski definition) is 12. The van der Waals surface area contributed by atoms with Gasteiger partial charge in [0, 0.05) is 0 Å². The van der Waals surface area contributed by atoms with Crippen molar-refractivity contribution in [2.24, 2.45) is 45.3 Å². The number of aliphatic hydroxyl groups is 12. The van der Waals surface area contributed by atoms with Crippen LogP contribution in [0.15, 0.2) is 11.6 Å². The molecule has 0 spiro atoms. The first-order chi connectivity index (χ1) is 30.7. The molecular weight excluding hydrogens is 865 g/mol. The van der Waals surface area contributed by atoms with Gasteiger partial charge in [-0.2, -0.15) is 0 Å². The lowest BCUT2D eigenvalue weighted by Gasteiger charge is -2.72. The van der Waals surface area contributed by atoms with Crippen LogP contribution in [0.2, 0.25) is 0 Å². The van der Waals surface area contributed by atoms with Crippen molar-refractivity contribution >= 4 is 0 Å². The maximum absolute atomic E-state index is 12.7. The predicted molar refractivity (Wildman–Crippen MR) is 234 cm³/mol. The van der Waals surface area contributed by atoms with Gasteiger partial charge in [-0.1, -0.05) is 46.3 Å². The van der Waals surface area contributed by atoms with Gasteiger partial charge < -0.3 is 89.7 Å². The van der Waals surface area contributed by atoms with E-state index < -0.39 is 151 Å². The molecule has 66 heavy (non-hydrogen) atoms. The van der Waals surface area contributed by atoms with Crippen LogP contribution in [-0.2, 0) is 28.4 Å². The lowest BCUT2D eigenvalue weighted by molar-refractivity contribution is -0.382. The quantitative estimate of drug-likeness (QED) is 0.0904. The molecule has 4 saturated carbocycles. The summed E-state index contributed by atoms with van der Waals surface area (Å²) in [7, 11) is 0. The molecule has 12 N–H and O–H groups in total. The maximum Gasteiger partial charge on any atom is 0.187 e. The third-order valence-electron chi connectivity index (χ3n) is 18.7. The zero-order chi connectivity index (χ0) is 48.8. The minimum atomic E-state index is -1.75. The van der Waals surface area contributed by atoms with Crippen LogP contribution in [0.3, 0.4) is 0 Å². The smallest absolute Gasteiger partial charge is 0.187 e. The molecule has 4 aliphatic carbocycles. The van der Waals surface area contributed by atoms with Crippen LogP contribution in [0.25, 0.3) is 0 Å². The summed E-state index contributed by atoms with van der Waals surface area (Å²) in [6.07, 6.45) is -18.3. The highest BCUT2D eigenvalue weighted by Crippen LogP contribution is 2.76. The summed E-state index contributed by atoms with van der Waals surface area (Å²) in [4.78, 5) is 0. The summed E-state index contributed by atoms with van der Waals surface area (Å²) in [6.45, 7) is 16.8. The van der Waals surface area contributed by atoms with Crippen molar-refractivity contribution in [3.63, 3.8) is 0 Å². The average molecular weight is 947 g/mol. The van der Waals surface area contributed by atoms with Gasteiger partial charge >= 0.3 is 0 Å². The van der Waals surface area contributed by atoms with Crippen LogP contribution < -0.4 is 0 Å². The summed E-state index contributed by atoms with van der Waals surface area (Å²) in [5, 5.41) is 132. The highest BCUT2D eigenvalue weighted by atomic mass is 16.8. The van der Waals surface area contributed by atoms with E-state index in [4.69, 9.17) is 28.4 Å². The van der Waals surface area contributed by atoms with Crippen LogP contribution in [0.5, 0.6) is 0 Å². The molecule has 22 unspecified atom stereocenters. The minimum Gasteiger partial charge on any atom is -0.394 e. The van der Waals surface area contributed by atoms with E-state index in [1.807, 2.05) is 34.6 Å². The molecule has 3 saturated heterocycles. The fourth-order valence-corrected chi connectivity index (χ4v) is 14.9. The first-order valence-electron chi connectivity index (χ1n) is 24.3. The predicted octanol–water partition coefficient (Wildman–Crippen LogP) is -0.0284. The standard InChI is InChI=1S/C48H82O18/c1-21(2)11-10-14-48(9,66-42-38(60)35(57)32(54)26(19-49)63-42)23-12-16-46(7)30(23)24(51)17-28-45(6)15-13-29(52)44(4,5)40(45)25(18-47(28,46)8)62-43-39(36(58)33(55)27(20-50)64-43)65-41-37(59)34(56)31(53)22(3)61-41/h11,22-43,49-60H,10,12-20H2,1-9H3/t22?,23?,24?,25?,26?,27?,28?,29?,30?,31?,32?,33?,34?,35?,36?,37?,38?,39?,40?,41?,42?,43?,45-,46-,47-,48+/m1/s1. The Hall–Kier alpha value is -0.980. The van der Waals surface area contributed by atoms with Gasteiger partial charge in [0.15, 0.2) is 18.9 Å². The van der Waals surface area contributed by atoms with Crippen molar-refractivity contribution in [1.82, 2.24) is 0 Å². The molecule has 382 valence electrons. The number of ether oxygens (including phenoxy) is 6. The second-order valence-electron chi connectivity index (χ2n) is 23.0. The molecular formula is C48H82O18. The van der Waals surface area contributed by atoms with Crippen LogP contribution >= 0.6 is 0 Å². The Morgan fingerprint density at radius 1 is 0.682 bits per heavy atom. The van der Waals surface area contributed by atoms with E-state index in [9.17, 15) is 61.3 Å². The molecule has 18 nitrogen and oxygen atoms in total. The Balaban J connectivity index is 1.27. The lowest BCUT2D eigenvalue weighted by atomic mass is 9.34. The van der Waals surface area contributed by atoms with Gasteiger partial charge in [-0.3, -0.25) is 0 Å². The molecule has 0 amide bonds. The molecule has 18 heteroatoms. The Morgan fingerprint density at radius 3 is 1.89 bits per heavy atom. The maximum atomic E-state index is 12.7. The highest BCUT2D eigenvalue weighted by molar-refractivity contribution is 5.22. The summed E-state index contributed by atoms with van der Waals surface area (Å²) in [5.41, 5.74) is -2.43. The first-order valence-corrected chi connectivity index (χ1v) is 24.3. The van der Waals surface area contributed by atoms with Gasteiger partial charge in [0.1, 0.15) is 67.1 Å². The van der Waals surface area contributed by atoms with Gasteiger partial charge in [-0.25, -0.2) is 0 Å². The van der Waals surface area contributed by atoms with Crippen LogP contribution in [0.1, 0.15) is 114 Å². The Bertz CT molecular complexity index is 1700. The molecule has 0 aromatic rings. The first kappa shape index (κ1) is 52.8. The Morgan fingerprint density at radius 2 is 1.27 bits per heavy atom. The molecule has 7 fully saturated rings. The van der Waals surface area contributed by atoms with E-state index >= 15 is 0 Å². The molecule has 7 rings (SSSR count). The van der Waals surface area contributed by atoms with Gasteiger partial charge in [0.25, 0.3) is 0 Å². The van der Waals surface area contributed by atoms with Gasteiger partial charge in [-0.15, -0.1) is 0 Å². The SMILES string of the molecule is CC(C)=CCC[C@](C)(OC1OC(CO)C(O)C(O)C1O)C1CC[C@]2(C)C1C(O)CC1[C@@]3(C)CCC(O)C(C)(C)C3C(OC3OC(CO)C(O)C(O)C3OC3OC(C)C(O)C(O)C3O)C[C@]12C.